The van der Waals surface area contributed by atoms with E-state index in [-0.39, 0.29) is 23.6 Å². The minimum Gasteiger partial charge on any atom is -0.508 e. The molecule has 2 atom stereocenters. The van der Waals surface area contributed by atoms with Gasteiger partial charge < -0.3 is 20.3 Å². The Labute approximate surface area is 125 Å². The normalized spacial score (nSPS) is 13.7. The van der Waals surface area contributed by atoms with E-state index in [1.807, 2.05) is 31.2 Å². The van der Waals surface area contributed by atoms with Crippen molar-refractivity contribution in [1.29, 1.82) is 0 Å². The molecule has 21 heavy (non-hydrogen) atoms. The van der Waals surface area contributed by atoms with Crippen LogP contribution in [0.4, 0.5) is 0 Å². The molecule has 2 aromatic carbocycles. The fourth-order valence-electron chi connectivity index (χ4n) is 2.34. The Bertz CT molecular complexity index is 595. The molecule has 0 aliphatic heterocycles. The second-order valence-corrected chi connectivity index (χ2v) is 5.13. The lowest BCUT2D eigenvalue weighted by molar-refractivity contribution is 0.413. The Balaban J connectivity index is 2.10. The van der Waals surface area contributed by atoms with E-state index >= 15 is 0 Å². The van der Waals surface area contributed by atoms with Crippen molar-refractivity contribution in [3.05, 3.63) is 53.6 Å². The van der Waals surface area contributed by atoms with Crippen LogP contribution in [0.5, 0.6) is 17.2 Å². The maximum absolute atomic E-state index is 9.89. The number of ether oxygens (including phenoxy) is 1. The highest BCUT2D eigenvalue weighted by atomic mass is 16.5. The van der Waals surface area contributed by atoms with E-state index in [0.29, 0.717) is 5.56 Å². The molecule has 0 bridgehead atoms. The monoisotopic (exact) mass is 287 g/mol. The molecule has 1 unspecified atom stereocenters. The number of methoxy groups -OCH3 is 1. The van der Waals surface area contributed by atoms with Crippen molar-refractivity contribution in [2.75, 3.05) is 7.11 Å². The molecule has 0 heterocycles. The fourth-order valence-corrected chi connectivity index (χ4v) is 2.34. The third-order valence-corrected chi connectivity index (χ3v) is 3.59. The van der Waals surface area contributed by atoms with Crippen LogP contribution in [0.25, 0.3) is 0 Å². The van der Waals surface area contributed by atoms with Gasteiger partial charge in [-0.3, -0.25) is 0 Å². The standard InChI is InChI=1S/C17H21NO3/c1-11(13-4-7-15(21-3)8-5-13)18-12(2)16-10-14(19)6-9-17(16)20/h4-12,18-20H,1-3H3/t11-,12?/m0/s1. The molecule has 0 spiro atoms. The number of hydrogen-bond acceptors (Lipinski definition) is 4. The first-order valence-corrected chi connectivity index (χ1v) is 6.93. The van der Waals surface area contributed by atoms with Crippen molar-refractivity contribution < 1.29 is 14.9 Å². The topological polar surface area (TPSA) is 61.7 Å². The zero-order valence-electron chi connectivity index (χ0n) is 12.5. The van der Waals surface area contributed by atoms with E-state index in [4.69, 9.17) is 4.74 Å². The number of phenolic OH excluding ortho intramolecular Hbond substituents is 2. The van der Waals surface area contributed by atoms with Gasteiger partial charge in [-0.05, 0) is 49.7 Å². The Kier molecular flexibility index (Phi) is 4.70. The van der Waals surface area contributed by atoms with E-state index in [2.05, 4.69) is 12.2 Å². The SMILES string of the molecule is COc1ccc([C@H](C)NC(C)c2cc(O)ccc2O)cc1. The second kappa shape index (κ2) is 6.50. The summed E-state index contributed by atoms with van der Waals surface area (Å²) in [5.74, 6) is 1.15. The van der Waals surface area contributed by atoms with Gasteiger partial charge >= 0.3 is 0 Å². The Hall–Kier alpha value is -2.20. The minimum absolute atomic E-state index is 0.0887. The molecule has 0 saturated carbocycles. The molecule has 0 saturated heterocycles. The largest absolute Gasteiger partial charge is 0.508 e. The predicted molar refractivity (Wildman–Crippen MR) is 82.7 cm³/mol. The van der Waals surface area contributed by atoms with Crippen molar-refractivity contribution in [2.24, 2.45) is 0 Å². The number of rotatable bonds is 5. The molecule has 0 fully saturated rings. The quantitative estimate of drug-likeness (QED) is 0.736. The highest BCUT2D eigenvalue weighted by Gasteiger charge is 2.14. The van der Waals surface area contributed by atoms with Crippen LogP contribution in [0.15, 0.2) is 42.5 Å². The highest BCUT2D eigenvalue weighted by molar-refractivity contribution is 5.40. The van der Waals surface area contributed by atoms with Crippen molar-refractivity contribution >= 4 is 0 Å². The lowest BCUT2D eigenvalue weighted by atomic mass is 10.0. The summed E-state index contributed by atoms with van der Waals surface area (Å²) in [5.41, 5.74) is 1.80. The summed E-state index contributed by atoms with van der Waals surface area (Å²) < 4.78 is 5.15. The Morgan fingerprint density at radius 2 is 1.62 bits per heavy atom. The van der Waals surface area contributed by atoms with Crippen molar-refractivity contribution in [1.82, 2.24) is 5.32 Å². The molecule has 0 amide bonds. The molecular weight excluding hydrogens is 266 g/mol. The summed E-state index contributed by atoms with van der Waals surface area (Å²) in [6.07, 6.45) is 0. The molecule has 112 valence electrons. The average Bonchev–Trinajstić information content (AvgIpc) is 2.49. The van der Waals surface area contributed by atoms with Crippen LogP contribution < -0.4 is 10.1 Å². The van der Waals surface area contributed by atoms with E-state index in [1.54, 1.807) is 13.2 Å². The summed E-state index contributed by atoms with van der Waals surface area (Å²) >= 11 is 0. The Morgan fingerprint density at radius 1 is 0.952 bits per heavy atom. The smallest absolute Gasteiger partial charge is 0.120 e. The molecule has 0 aliphatic rings. The fraction of sp³-hybridized carbons (Fsp3) is 0.294. The van der Waals surface area contributed by atoms with Gasteiger partial charge in [0, 0.05) is 17.6 Å². The summed E-state index contributed by atoms with van der Waals surface area (Å²) in [6, 6.07) is 12.4. The van der Waals surface area contributed by atoms with E-state index in [0.717, 1.165) is 11.3 Å². The van der Waals surface area contributed by atoms with Gasteiger partial charge in [0.1, 0.15) is 17.2 Å². The lowest BCUT2D eigenvalue weighted by Crippen LogP contribution is -2.22. The van der Waals surface area contributed by atoms with Crippen LogP contribution >= 0.6 is 0 Å². The van der Waals surface area contributed by atoms with Crippen LogP contribution in [0.3, 0.4) is 0 Å². The summed E-state index contributed by atoms with van der Waals surface area (Å²) in [4.78, 5) is 0. The van der Waals surface area contributed by atoms with Gasteiger partial charge in [-0.2, -0.15) is 0 Å². The first kappa shape index (κ1) is 15.2. The summed E-state index contributed by atoms with van der Waals surface area (Å²) in [7, 11) is 1.64. The van der Waals surface area contributed by atoms with E-state index in [1.165, 1.54) is 12.1 Å². The second-order valence-electron chi connectivity index (χ2n) is 5.13. The third kappa shape index (κ3) is 3.67. The van der Waals surface area contributed by atoms with Crippen molar-refractivity contribution in [3.8, 4) is 17.2 Å². The Morgan fingerprint density at radius 3 is 2.24 bits per heavy atom. The van der Waals surface area contributed by atoms with Crippen molar-refractivity contribution in [2.45, 2.75) is 25.9 Å². The van der Waals surface area contributed by atoms with Crippen LogP contribution in [0.1, 0.15) is 37.1 Å². The predicted octanol–water partition coefficient (Wildman–Crippen LogP) is 3.52. The third-order valence-electron chi connectivity index (χ3n) is 3.59. The number of nitrogens with one attached hydrogen (secondary N) is 1. The van der Waals surface area contributed by atoms with Gasteiger partial charge in [-0.1, -0.05) is 12.1 Å². The first-order chi connectivity index (χ1) is 10.0. The summed E-state index contributed by atoms with van der Waals surface area (Å²) in [6.45, 7) is 4.01. The molecule has 0 aromatic heterocycles. The molecule has 0 radical (unpaired) electrons. The zero-order valence-corrected chi connectivity index (χ0v) is 12.5. The maximum atomic E-state index is 9.89. The molecule has 2 aromatic rings. The van der Waals surface area contributed by atoms with Crippen LogP contribution in [0.2, 0.25) is 0 Å². The van der Waals surface area contributed by atoms with Gasteiger partial charge in [-0.15, -0.1) is 0 Å². The molecule has 4 heteroatoms. The minimum atomic E-state index is -0.0887. The molecular formula is C17H21NO3. The maximum Gasteiger partial charge on any atom is 0.120 e. The number of phenols is 2. The lowest BCUT2D eigenvalue weighted by Gasteiger charge is -2.21. The van der Waals surface area contributed by atoms with Crippen LogP contribution in [-0.4, -0.2) is 17.3 Å². The van der Waals surface area contributed by atoms with Gasteiger partial charge in [0.05, 0.1) is 7.11 Å². The van der Waals surface area contributed by atoms with Gasteiger partial charge in [0.25, 0.3) is 0 Å². The number of aromatic hydroxyl groups is 2. The van der Waals surface area contributed by atoms with E-state index < -0.39 is 0 Å². The average molecular weight is 287 g/mol. The summed E-state index contributed by atoms with van der Waals surface area (Å²) in [5, 5.41) is 22.8. The molecule has 3 N–H and O–H groups in total. The zero-order chi connectivity index (χ0) is 15.4. The van der Waals surface area contributed by atoms with E-state index in [9.17, 15) is 10.2 Å². The van der Waals surface area contributed by atoms with Crippen molar-refractivity contribution in [3.63, 3.8) is 0 Å². The molecule has 4 nitrogen and oxygen atoms in total. The molecule has 0 aliphatic carbocycles. The molecule has 2 rings (SSSR count). The highest BCUT2D eigenvalue weighted by Crippen LogP contribution is 2.29. The van der Waals surface area contributed by atoms with Crippen LogP contribution in [0, 0.1) is 0 Å². The van der Waals surface area contributed by atoms with Gasteiger partial charge in [-0.25, -0.2) is 0 Å². The van der Waals surface area contributed by atoms with Gasteiger partial charge in [0.2, 0.25) is 0 Å². The number of benzene rings is 2. The van der Waals surface area contributed by atoms with Crippen LogP contribution in [-0.2, 0) is 0 Å². The van der Waals surface area contributed by atoms with Gasteiger partial charge in [0.15, 0.2) is 0 Å². The number of hydrogen-bond donors (Lipinski definition) is 3. The first-order valence-electron chi connectivity index (χ1n) is 6.93.